The summed E-state index contributed by atoms with van der Waals surface area (Å²) in [5.74, 6) is -0.396. The highest BCUT2D eigenvalue weighted by atomic mass is 16.5. The highest BCUT2D eigenvalue weighted by Gasteiger charge is 2.17. The summed E-state index contributed by atoms with van der Waals surface area (Å²) in [5.41, 5.74) is 3.82. The lowest BCUT2D eigenvalue weighted by molar-refractivity contribution is 0.0601. The SMILES string of the molecule is COC(=O)c1ccc(C(O)Cc2cccnc2)cc1-c1ccccc1. The zero-order valence-corrected chi connectivity index (χ0v) is 13.9. The van der Waals surface area contributed by atoms with Crippen molar-refractivity contribution in [1.29, 1.82) is 0 Å². The van der Waals surface area contributed by atoms with Crippen LogP contribution in [0.2, 0.25) is 0 Å². The van der Waals surface area contributed by atoms with Gasteiger partial charge in [0.2, 0.25) is 0 Å². The number of aromatic nitrogens is 1. The van der Waals surface area contributed by atoms with Crippen LogP contribution in [0, 0.1) is 0 Å². The highest BCUT2D eigenvalue weighted by Crippen LogP contribution is 2.29. The van der Waals surface area contributed by atoms with Gasteiger partial charge in [0.15, 0.2) is 0 Å². The fraction of sp³-hybridized carbons (Fsp3) is 0.143. The van der Waals surface area contributed by atoms with Gasteiger partial charge < -0.3 is 9.84 Å². The molecular formula is C21H19NO3. The molecule has 4 nitrogen and oxygen atoms in total. The first-order valence-electron chi connectivity index (χ1n) is 8.03. The van der Waals surface area contributed by atoms with E-state index in [0.29, 0.717) is 12.0 Å². The first kappa shape index (κ1) is 16.9. The number of rotatable bonds is 5. The standard InChI is InChI=1S/C21H19NO3/c1-25-21(24)18-10-9-17(13-19(18)16-7-3-2-4-8-16)20(23)12-15-6-5-11-22-14-15/h2-11,13-14,20,23H,12H2,1H3. The average Bonchev–Trinajstić information content (AvgIpc) is 2.68. The van der Waals surface area contributed by atoms with Crippen molar-refractivity contribution < 1.29 is 14.6 Å². The third-order valence-electron chi connectivity index (χ3n) is 4.07. The van der Waals surface area contributed by atoms with E-state index in [9.17, 15) is 9.90 Å². The molecule has 0 aliphatic heterocycles. The van der Waals surface area contributed by atoms with Crippen molar-refractivity contribution in [3.05, 3.63) is 89.7 Å². The van der Waals surface area contributed by atoms with Crippen LogP contribution in [0.4, 0.5) is 0 Å². The maximum atomic E-state index is 12.1. The van der Waals surface area contributed by atoms with Crippen molar-refractivity contribution >= 4 is 5.97 Å². The predicted octanol–water partition coefficient (Wildman–Crippen LogP) is 3.81. The number of esters is 1. The summed E-state index contributed by atoms with van der Waals surface area (Å²) in [6, 6.07) is 18.7. The number of aliphatic hydroxyl groups is 1. The van der Waals surface area contributed by atoms with E-state index in [1.165, 1.54) is 7.11 Å². The molecule has 0 saturated heterocycles. The number of nitrogens with zero attached hydrogens (tertiary/aromatic N) is 1. The fourth-order valence-corrected chi connectivity index (χ4v) is 2.77. The molecule has 1 atom stereocenters. The van der Waals surface area contributed by atoms with Crippen molar-refractivity contribution in [3.8, 4) is 11.1 Å². The van der Waals surface area contributed by atoms with E-state index in [0.717, 1.165) is 22.3 Å². The van der Waals surface area contributed by atoms with Gasteiger partial charge in [-0.2, -0.15) is 0 Å². The number of hydrogen-bond donors (Lipinski definition) is 1. The zero-order chi connectivity index (χ0) is 17.6. The minimum Gasteiger partial charge on any atom is -0.465 e. The number of ether oxygens (including phenoxy) is 1. The van der Waals surface area contributed by atoms with E-state index in [-0.39, 0.29) is 0 Å². The molecule has 0 bridgehead atoms. The molecule has 4 heteroatoms. The molecular weight excluding hydrogens is 314 g/mol. The lowest BCUT2D eigenvalue weighted by Crippen LogP contribution is -2.07. The van der Waals surface area contributed by atoms with E-state index in [1.807, 2.05) is 48.5 Å². The Morgan fingerprint density at radius 2 is 1.92 bits per heavy atom. The quantitative estimate of drug-likeness (QED) is 0.721. The highest BCUT2D eigenvalue weighted by molar-refractivity contribution is 5.97. The van der Waals surface area contributed by atoms with Gasteiger partial charge in [-0.15, -0.1) is 0 Å². The minimum atomic E-state index is -0.682. The lowest BCUT2D eigenvalue weighted by Gasteiger charge is -2.15. The summed E-state index contributed by atoms with van der Waals surface area (Å²) >= 11 is 0. The molecule has 0 aliphatic carbocycles. The molecule has 0 spiro atoms. The average molecular weight is 333 g/mol. The summed E-state index contributed by atoms with van der Waals surface area (Å²) in [5, 5.41) is 10.6. The van der Waals surface area contributed by atoms with Gasteiger partial charge in [-0.05, 0) is 40.5 Å². The summed E-state index contributed by atoms with van der Waals surface area (Å²) < 4.78 is 4.88. The second-order valence-corrected chi connectivity index (χ2v) is 5.74. The molecule has 0 amide bonds. The largest absolute Gasteiger partial charge is 0.465 e. The van der Waals surface area contributed by atoms with Gasteiger partial charge in [0.1, 0.15) is 0 Å². The molecule has 1 aromatic heterocycles. The number of methoxy groups -OCH3 is 1. The van der Waals surface area contributed by atoms with Crippen LogP contribution in [0.15, 0.2) is 73.1 Å². The summed E-state index contributed by atoms with van der Waals surface area (Å²) in [6.07, 6.45) is 3.22. The van der Waals surface area contributed by atoms with Gasteiger partial charge in [-0.1, -0.05) is 42.5 Å². The van der Waals surface area contributed by atoms with Crippen LogP contribution in [0.1, 0.15) is 27.6 Å². The number of aliphatic hydroxyl groups excluding tert-OH is 1. The van der Waals surface area contributed by atoms with Gasteiger partial charge in [-0.3, -0.25) is 4.98 Å². The first-order valence-corrected chi connectivity index (χ1v) is 8.03. The van der Waals surface area contributed by atoms with Crippen molar-refractivity contribution in [3.63, 3.8) is 0 Å². The molecule has 0 fully saturated rings. The number of carbonyl (C=O) groups is 1. The van der Waals surface area contributed by atoms with Crippen molar-refractivity contribution in [2.45, 2.75) is 12.5 Å². The van der Waals surface area contributed by atoms with Gasteiger partial charge in [0, 0.05) is 18.8 Å². The summed E-state index contributed by atoms with van der Waals surface area (Å²) in [7, 11) is 1.36. The van der Waals surface area contributed by atoms with Crippen LogP contribution >= 0.6 is 0 Å². The fourth-order valence-electron chi connectivity index (χ4n) is 2.77. The molecule has 126 valence electrons. The van der Waals surface area contributed by atoms with Crippen LogP contribution in [0.5, 0.6) is 0 Å². The molecule has 1 N–H and O–H groups in total. The molecule has 0 aliphatic rings. The summed E-state index contributed by atoms with van der Waals surface area (Å²) in [4.78, 5) is 16.2. The van der Waals surface area contributed by atoms with Crippen molar-refractivity contribution in [2.75, 3.05) is 7.11 Å². The van der Waals surface area contributed by atoms with Crippen LogP contribution in [-0.4, -0.2) is 23.2 Å². The number of pyridine rings is 1. The Hall–Kier alpha value is -2.98. The van der Waals surface area contributed by atoms with Gasteiger partial charge >= 0.3 is 5.97 Å². The lowest BCUT2D eigenvalue weighted by atomic mass is 9.94. The normalized spacial score (nSPS) is 11.8. The monoisotopic (exact) mass is 333 g/mol. The molecule has 2 aromatic carbocycles. The Kier molecular flexibility index (Phi) is 5.21. The van der Waals surface area contributed by atoms with E-state index in [2.05, 4.69) is 4.98 Å². The van der Waals surface area contributed by atoms with E-state index >= 15 is 0 Å². The smallest absolute Gasteiger partial charge is 0.338 e. The van der Waals surface area contributed by atoms with Crippen molar-refractivity contribution in [2.24, 2.45) is 0 Å². The maximum Gasteiger partial charge on any atom is 0.338 e. The first-order chi connectivity index (χ1) is 12.2. The molecule has 3 aromatic rings. The molecule has 0 radical (unpaired) electrons. The van der Waals surface area contributed by atoms with Crippen LogP contribution in [0.25, 0.3) is 11.1 Å². The van der Waals surface area contributed by atoms with Crippen LogP contribution in [-0.2, 0) is 11.2 Å². The van der Waals surface area contributed by atoms with E-state index in [1.54, 1.807) is 24.5 Å². The van der Waals surface area contributed by atoms with Gasteiger partial charge in [0.25, 0.3) is 0 Å². The molecule has 25 heavy (non-hydrogen) atoms. The predicted molar refractivity (Wildman–Crippen MR) is 96.1 cm³/mol. The van der Waals surface area contributed by atoms with Gasteiger partial charge in [-0.25, -0.2) is 4.79 Å². The Morgan fingerprint density at radius 1 is 1.12 bits per heavy atom. The zero-order valence-electron chi connectivity index (χ0n) is 13.9. The van der Waals surface area contributed by atoms with E-state index in [4.69, 9.17) is 4.74 Å². The third kappa shape index (κ3) is 3.92. The second kappa shape index (κ2) is 7.73. The second-order valence-electron chi connectivity index (χ2n) is 5.74. The number of hydrogen-bond acceptors (Lipinski definition) is 4. The molecule has 3 rings (SSSR count). The van der Waals surface area contributed by atoms with Gasteiger partial charge in [0.05, 0.1) is 18.8 Å². The molecule has 1 unspecified atom stereocenters. The number of benzene rings is 2. The molecule has 0 saturated carbocycles. The van der Waals surface area contributed by atoms with Crippen molar-refractivity contribution in [1.82, 2.24) is 4.98 Å². The minimum absolute atomic E-state index is 0.396. The van der Waals surface area contributed by atoms with E-state index < -0.39 is 12.1 Å². The number of carbonyl (C=O) groups excluding carboxylic acids is 1. The Labute approximate surface area is 146 Å². The Bertz CT molecular complexity index is 848. The summed E-state index contributed by atoms with van der Waals surface area (Å²) in [6.45, 7) is 0. The Balaban J connectivity index is 1.97. The molecule has 1 heterocycles. The van der Waals surface area contributed by atoms with Crippen LogP contribution in [0.3, 0.4) is 0 Å². The maximum absolute atomic E-state index is 12.1. The van der Waals surface area contributed by atoms with Crippen LogP contribution < -0.4 is 0 Å². The third-order valence-corrected chi connectivity index (χ3v) is 4.07. The topological polar surface area (TPSA) is 59.4 Å². The Morgan fingerprint density at radius 3 is 2.60 bits per heavy atom.